The zero-order chi connectivity index (χ0) is 20.9. The van der Waals surface area contributed by atoms with E-state index in [0.717, 1.165) is 0 Å². The fourth-order valence-corrected chi connectivity index (χ4v) is 3.14. The minimum Gasteiger partial charge on any atom is -0.426 e. The van der Waals surface area contributed by atoms with Crippen molar-refractivity contribution in [1.82, 2.24) is 10.6 Å². The van der Waals surface area contributed by atoms with Crippen molar-refractivity contribution in [1.29, 1.82) is 0 Å². The molecule has 2 atom stereocenters. The molecule has 1 rings (SSSR count). The molecule has 1 aromatic rings. The predicted octanol–water partition coefficient (Wildman–Crippen LogP) is 0.232. The number of benzene rings is 1. The van der Waals surface area contributed by atoms with Gasteiger partial charge in [0.2, 0.25) is 11.8 Å². The summed E-state index contributed by atoms with van der Waals surface area (Å²) in [4.78, 5) is 24.9. The summed E-state index contributed by atoms with van der Waals surface area (Å²) in [7, 11) is -1.70. The fraction of sp³-hybridized carbons (Fsp3) is 0.556. The second-order valence-corrected chi connectivity index (χ2v) is 7.47. The minimum absolute atomic E-state index is 0.189. The van der Waals surface area contributed by atoms with E-state index in [1.165, 1.54) is 30.0 Å². The normalized spacial score (nSPS) is 12.9. The zero-order valence-corrected chi connectivity index (χ0v) is 16.9. The van der Waals surface area contributed by atoms with Gasteiger partial charge in [0.1, 0.15) is 11.9 Å². The van der Waals surface area contributed by atoms with Crippen LogP contribution in [-0.2, 0) is 16.0 Å². The van der Waals surface area contributed by atoms with Crippen molar-refractivity contribution in [2.45, 2.75) is 44.1 Å². The molecule has 6 N–H and O–H groups in total. The number of carbonyl (C=O) groups is 2. The summed E-state index contributed by atoms with van der Waals surface area (Å²) in [6.45, 7) is 0.462. The molecule has 0 saturated heterocycles. The molecule has 156 valence electrons. The smallest absolute Gasteiger partial charge is 0.426 e. The van der Waals surface area contributed by atoms with Crippen molar-refractivity contribution >= 4 is 30.7 Å². The lowest BCUT2D eigenvalue weighted by molar-refractivity contribution is -0.129. The molecule has 10 heteroatoms. The summed E-state index contributed by atoms with van der Waals surface area (Å²) in [5.74, 6) is -1.66. The van der Waals surface area contributed by atoms with E-state index in [1.807, 2.05) is 6.26 Å². The third kappa shape index (κ3) is 9.05. The standard InChI is InChI=1S/C18H29BFN3O4S/c1-28-11-9-16(19(26)27)23-18(25)15(8-4-5-10-21)22-17(24)12-13-6-2-3-7-14(13)20/h2-3,6-7,15-16,26-27H,4-5,8-12,21H2,1H3,(H,22,24)(H,23,25)/t15-,16-/m0/s1. The van der Waals surface area contributed by atoms with Gasteiger partial charge in [-0.3, -0.25) is 9.59 Å². The molecule has 0 aliphatic rings. The SMILES string of the molecule is CSCC[C@H](NC(=O)[C@H](CCCCN)NC(=O)Cc1ccccc1F)B(O)O. The van der Waals surface area contributed by atoms with Crippen LogP contribution in [0.4, 0.5) is 4.39 Å². The highest BCUT2D eigenvalue weighted by Crippen LogP contribution is 2.09. The van der Waals surface area contributed by atoms with Gasteiger partial charge in [0, 0.05) is 0 Å². The highest BCUT2D eigenvalue weighted by atomic mass is 32.2. The van der Waals surface area contributed by atoms with E-state index in [0.29, 0.717) is 38.0 Å². The van der Waals surface area contributed by atoms with Crippen molar-refractivity contribution in [2.75, 3.05) is 18.6 Å². The number of hydrogen-bond acceptors (Lipinski definition) is 6. The molecule has 0 aliphatic heterocycles. The number of amides is 2. The monoisotopic (exact) mass is 413 g/mol. The quantitative estimate of drug-likeness (QED) is 0.233. The molecular weight excluding hydrogens is 384 g/mol. The van der Waals surface area contributed by atoms with Crippen molar-refractivity contribution in [2.24, 2.45) is 5.73 Å². The molecule has 0 unspecified atom stereocenters. The number of unbranched alkanes of at least 4 members (excludes halogenated alkanes) is 1. The van der Waals surface area contributed by atoms with Gasteiger partial charge in [-0.15, -0.1) is 0 Å². The topological polar surface area (TPSA) is 125 Å². The zero-order valence-electron chi connectivity index (χ0n) is 16.1. The van der Waals surface area contributed by atoms with Gasteiger partial charge in [-0.25, -0.2) is 4.39 Å². The maximum atomic E-state index is 13.7. The summed E-state index contributed by atoms with van der Waals surface area (Å²) < 4.78 is 13.7. The van der Waals surface area contributed by atoms with Crippen LogP contribution in [0.5, 0.6) is 0 Å². The Bertz CT molecular complexity index is 624. The van der Waals surface area contributed by atoms with Gasteiger partial charge in [0.15, 0.2) is 0 Å². The van der Waals surface area contributed by atoms with Gasteiger partial charge >= 0.3 is 7.12 Å². The first-order valence-corrected chi connectivity index (χ1v) is 10.7. The molecule has 28 heavy (non-hydrogen) atoms. The molecule has 0 bridgehead atoms. The molecule has 0 aromatic heterocycles. The summed E-state index contributed by atoms with van der Waals surface area (Å²) in [6.07, 6.45) is 3.72. The van der Waals surface area contributed by atoms with E-state index in [4.69, 9.17) is 5.73 Å². The molecule has 1 aromatic carbocycles. The lowest BCUT2D eigenvalue weighted by atomic mass is 9.77. The van der Waals surface area contributed by atoms with Crippen molar-refractivity contribution < 1.29 is 24.0 Å². The van der Waals surface area contributed by atoms with E-state index in [1.54, 1.807) is 6.07 Å². The lowest BCUT2D eigenvalue weighted by Crippen LogP contribution is -2.54. The number of nitrogens with two attached hydrogens (primary N) is 1. The Morgan fingerprint density at radius 1 is 1.21 bits per heavy atom. The molecule has 0 heterocycles. The Labute approximate surface area is 169 Å². The number of nitrogens with one attached hydrogen (secondary N) is 2. The molecule has 0 spiro atoms. The van der Waals surface area contributed by atoms with Crippen LogP contribution in [0, 0.1) is 5.82 Å². The summed E-state index contributed by atoms with van der Waals surface area (Å²) in [5, 5.41) is 24.2. The second-order valence-electron chi connectivity index (χ2n) is 6.48. The van der Waals surface area contributed by atoms with Gasteiger partial charge in [-0.05, 0) is 55.9 Å². The highest BCUT2D eigenvalue weighted by molar-refractivity contribution is 7.98. The van der Waals surface area contributed by atoms with E-state index in [9.17, 15) is 24.0 Å². The first-order valence-electron chi connectivity index (χ1n) is 9.27. The van der Waals surface area contributed by atoms with Gasteiger partial charge in [-0.2, -0.15) is 11.8 Å². The molecular formula is C18H29BFN3O4S. The number of halogens is 1. The Morgan fingerprint density at radius 3 is 2.54 bits per heavy atom. The maximum absolute atomic E-state index is 13.7. The van der Waals surface area contributed by atoms with Gasteiger partial charge in [0.05, 0.1) is 12.4 Å². The minimum atomic E-state index is -1.70. The van der Waals surface area contributed by atoms with Crippen molar-refractivity contribution in [3.05, 3.63) is 35.6 Å². The van der Waals surface area contributed by atoms with Crippen LogP contribution in [0.3, 0.4) is 0 Å². The van der Waals surface area contributed by atoms with E-state index < -0.39 is 36.7 Å². The average Bonchev–Trinajstić information content (AvgIpc) is 2.65. The number of carbonyl (C=O) groups excluding carboxylic acids is 2. The summed E-state index contributed by atoms with van der Waals surface area (Å²) in [6, 6.07) is 5.10. The number of thioether (sulfide) groups is 1. The van der Waals surface area contributed by atoms with Gasteiger partial charge in [0.25, 0.3) is 0 Å². The van der Waals surface area contributed by atoms with Crippen LogP contribution in [-0.4, -0.2) is 59.5 Å². The first-order chi connectivity index (χ1) is 13.4. The van der Waals surface area contributed by atoms with E-state index in [-0.39, 0.29) is 12.0 Å². The van der Waals surface area contributed by atoms with Crippen LogP contribution >= 0.6 is 11.8 Å². The maximum Gasteiger partial charge on any atom is 0.475 e. The third-order valence-electron chi connectivity index (χ3n) is 4.23. The molecule has 2 amide bonds. The van der Waals surface area contributed by atoms with Crippen LogP contribution in [0.2, 0.25) is 0 Å². The van der Waals surface area contributed by atoms with E-state index in [2.05, 4.69) is 10.6 Å². The Kier molecular flexibility index (Phi) is 11.8. The number of rotatable bonds is 13. The summed E-state index contributed by atoms with van der Waals surface area (Å²) in [5.41, 5.74) is 5.73. The summed E-state index contributed by atoms with van der Waals surface area (Å²) >= 11 is 1.52. The molecule has 0 radical (unpaired) electrons. The average molecular weight is 413 g/mol. The largest absolute Gasteiger partial charge is 0.475 e. The van der Waals surface area contributed by atoms with E-state index >= 15 is 0 Å². The van der Waals surface area contributed by atoms with Crippen LogP contribution in [0.1, 0.15) is 31.2 Å². The van der Waals surface area contributed by atoms with Crippen LogP contribution in [0.15, 0.2) is 24.3 Å². The van der Waals surface area contributed by atoms with Crippen LogP contribution < -0.4 is 16.4 Å². The van der Waals surface area contributed by atoms with Gasteiger partial charge in [-0.1, -0.05) is 18.2 Å². The lowest BCUT2D eigenvalue weighted by Gasteiger charge is -2.23. The first kappa shape index (κ1) is 24.4. The van der Waals surface area contributed by atoms with Crippen LogP contribution in [0.25, 0.3) is 0 Å². The third-order valence-corrected chi connectivity index (χ3v) is 4.87. The van der Waals surface area contributed by atoms with Crippen molar-refractivity contribution in [3.8, 4) is 0 Å². The second kappa shape index (κ2) is 13.5. The Balaban J connectivity index is 2.75. The number of hydrogen-bond donors (Lipinski definition) is 5. The fourth-order valence-electron chi connectivity index (χ4n) is 2.65. The van der Waals surface area contributed by atoms with Crippen molar-refractivity contribution in [3.63, 3.8) is 0 Å². The van der Waals surface area contributed by atoms with Gasteiger partial charge < -0.3 is 26.4 Å². The Morgan fingerprint density at radius 2 is 1.93 bits per heavy atom. The highest BCUT2D eigenvalue weighted by Gasteiger charge is 2.28. The molecule has 0 fully saturated rings. The molecule has 7 nitrogen and oxygen atoms in total. The molecule has 0 saturated carbocycles. The predicted molar refractivity (Wildman–Crippen MR) is 110 cm³/mol. The Hall–Kier alpha value is -1.62. The molecule has 0 aliphatic carbocycles.